The Morgan fingerprint density at radius 1 is 1.19 bits per heavy atom. The van der Waals surface area contributed by atoms with Gasteiger partial charge in [-0.2, -0.15) is 4.31 Å². The van der Waals surface area contributed by atoms with Crippen molar-refractivity contribution in [3.8, 4) is 0 Å². The molecule has 5 aliphatic carbocycles. The van der Waals surface area contributed by atoms with Crippen molar-refractivity contribution in [2.75, 3.05) is 6.54 Å². The van der Waals surface area contributed by atoms with Crippen molar-refractivity contribution in [3.63, 3.8) is 0 Å². The number of hydrogen-bond acceptors (Lipinski definition) is 4. The van der Waals surface area contributed by atoms with E-state index in [1.165, 1.54) is 10.4 Å². The quantitative estimate of drug-likeness (QED) is 0.567. The molecule has 174 valence electrons. The van der Waals surface area contributed by atoms with Crippen LogP contribution in [0.25, 0.3) is 0 Å². The minimum absolute atomic E-state index is 0.0448. The largest absolute Gasteiger partial charge is 0.369 e. The maximum absolute atomic E-state index is 13.5. The van der Waals surface area contributed by atoms with Crippen molar-refractivity contribution in [2.45, 2.75) is 61.9 Å². The zero-order valence-electron chi connectivity index (χ0n) is 17.6. The fourth-order valence-electron chi connectivity index (χ4n) is 6.52. The fourth-order valence-corrected chi connectivity index (χ4v) is 9.17. The van der Waals surface area contributed by atoms with E-state index in [1.54, 1.807) is 0 Å². The Bertz CT molecular complexity index is 1060. The molecule has 7 nitrogen and oxygen atoms in total. The van der Waals surface area contributed by atoms with Gasteiger partial charge in [0.05, 0.1) is 11.4 Å². The highest BCUT2D eigenvalue weighted by Crippen LogP contribution is 2.59. The summed E-state index contributed by atoms with van der Waals surface area (Å²) in [6.07, 6.45) is 5.61. The second kappa shape index (κ2) is 7.77. The Morgan fingerprint density at radius 3 is 2.41 bits per heavy atom. The van der Waals surface area contributed by atoms with Crippen molar-refractivity contribution in [1.29, 1.82) is 0 Å². The van der Waals surface area contributed by atoms with Crippen LogP contribution >= 0.6 is 15.9 Å². The SMILES string of the molecule is NC(=O)C12CC3CC(C1)C(NC(=O)CN(C1CC1)S(=O)(=O)c1ccc(F)cc1Br)C(C3)C2. The lowest BCUT2D eigenvalue weighted by atomic mass is 9.47. The number of nitrogens with two attached hydrogens (primary N) is 1. The van der Waals surface area contributed by atoms with Crippen LogP contribution in [0.3, 0.4) is 0 Å². The first-order valence-corrected chi connectivity index (χ1v) is 13.4. The summed E-state index contributed by atoms with van der Waals surface area (Å²) in [4.78, 5) is 25.1. The second-order valence-corrected chi connectivity index (χ2v) is 12.8. The lowest BCUT2D eigenvalue weighted by Gasteiger charge is -2.58. The molecule has 0 heterocycles. The molecular weight excluding hydrogens is 501 g/mol. The third kappa shape index (κ3) is 3.77. The van der Waals surface area contributed by atoms with E-state index in [1.807, 2.05) is 0 Å². The van der Waals surface area contributed by atoms with Crippen LogP contribution in [0.4, 0.5) is 4.39 Å². The Hall–Kier alpha value is -1.52. The lowest BCUT2D eigenvalue weighted by molar-refractivity contribution is -0.147. The highest BCUT2D eigenvalue weighted by molar-refractivity contribution is 9.10. The van der Waals surface area contributed by atoms with Crippen molar-refractivity contribution in [3.05, 3.63) is 28.5 Å². The summed E-state index contributed by atoms with van der Waals surface area (Å²) < 4.78 is 41.4. The van der Waals surface area contributed by atoms with Crippen LogP contribution < -0.4 is 11.1 Å². The summed E-state index contributed by atoms with van der Waals surface area (Å²) in [6, 6.07) is 3.17. The van der Waals surface area contributed by atoms with Crippen LogP contribution in [0.15, 0.2) is 27.6 Å². The number of nitrogens with one attached hydrogen (secondary N) is 1. The Kier molecular flexibility index (Phi) is 5.41. The minimum Gasteiger partial charge on any atom is -0.369 e. The molecule has 5 fully saturated rings. The van der Waals surface area contributed by atoms with Gasteiger partial charge in [-0.05, 0) is 96.8 Å². The number of halogens is 2. The number of nitrogens with zero attached hydrogens (tertiary/aromatic N) is 1. The first-order valence-electron chi connectivity index (χ1n) is 11.2. The number of carbonyl (C=O) groups is 2. The molecule has 5 saturated carbocycles. The minimum atomic E-state index is -3.96. The van der Waals surface area contributed by atoms with E-state index in [0.29, 0.717) is 31.6 Å². The van der Waals surface area contributed by atoms with Gasteiger partial charge in [-0.25, -0.2) is 12.8 Å². The topological polar surface area (TPSA) is 110 Å². The predicted octanol–water partition coefficient (Wildman–Crippen LogP) is 2.54. The normalized spacial score (nSPS) is 33.5. The molecule has 0 aromatic heterocycles. The molecule has 0 radical (unpaired) electrons. The Labute approximate surface area is 195 Å². The molecule has 6 rings (SSSR count). The van der Waals surface area contributed by atoms with Crippen LogP contribution in [0.5, 0.6) is 0 Å². The van der Waals surface area contributed by atoms with E-state index in [2.05, 4.69) is 21.2 Å². The van der Waals surface area contributed by atoms with Gasteiger partial charge in [0.1, 0.15) is 5.82 Å². The van der Waals surface area contributed by atoms with Crippen molar-refractivity contribution >= 4 is 37.8 Å². The fraction of sp³-hybridized carbons (Fsp3) is 0.636. The van der Waals surface area contributed by atoms with Crippen molar-refractivity contribution in [1.82, 2.24) is 9.62 Å². The van der Waals surface area contributed by atoms with Crippen LogP contribution in [0, 0.1) is 29.0 Å². The molecule has 2 amide bonds. The van der Waals surface area contributed by atoms with Gasteiger partial charge in [-0.1, -0.05) is 0 Å². The summed E-state index contributed by atoms with van der Waals surface area (Å²) in [7, 11) is -3.96. The number of rotatable bonds is 7. The molecule has 2 atom stereocenters. The van der Waals surface area contributed by atoms with Gasteiger partial charge in [0.25, 0.3) is 0 Å². The van der Waals surface area contributed by atoms with Gasteiger partial charge >= 0.3 is 0 Å². The Morgan fingerprint density at radius 2 is 1.84 bits per heavy atom. The standard InChI is InChI=1S/C22H27BrFN3O4S/c23-17-7-15(24)1-4-18(17)32(30,31)27(16-2-3-16)11-19(28)26-20-13-5-12-6-14(20)10-22(8-12,9-13)21(25)29/h1,4,7,12-14,16,20H,2-3,5-6,8-11H2,(H2,25,29)(H,26,28). The summed E-state index contributed by atoms with van der Waals surface area (Å²) in [5.41, 5.74) is 5.31. The maximum Gasteiger partial charge on any atom is 0.244 e. The van der Waals surface area contributed by atoms with E-state index in [-0.39, 0.29) is 51.6 Å². The highest BCUT2D eigenvalue weighted by atomic mass is 79.9. The number of benzene rings is 1. The summed E-state index contributed by atoms with van der Waals surface area (Å²) in [6.45, 7) is -0.267. The van der Waals surface area contributed by atoms with Crippen molar-refractivity contribution in [2.24, 2.45) is 28.9 Å². The zero-order chi connectivity index (χ0) is 22.8. The van der Waals surface area contributed by atoms with Crippen LogP contribution in [-0.2, 0) is 19.6 Å². The summed E-state index contributed by atoms with van der Waals surface area (Å²) in [5.74, 6) is -0.207. The first kappa shape index (κ1) is 22.3. The van der Waals surface area contributed by atoms with Gasteiger partial charge < -0.3 is 11.1 Å². The number of primary amides is 1. The van der Waals surface area contributed by atoms with Gasteiger partial charge in [0.15, 0.2) is 0 Å². The van der Waals surface area contributed by atoms with Crippen LogP contribution in [0.2, 0.25) is 0 Å². The van der Waals surface area contributed by atoms with Gasteiger partial charge in [0.2, 0.25) is 21.8 Å². The summed E-state index contributed by atoms with van der Waals surface area (Å²) >= 11 is 3.14. The molecule has 0 spiro atoms. The number of amides is 2. The number of sulfonamides is 1. The van der Waals surface area contributed by atoms with Crippen LogP contribution in [-0.4, -0.2) is 43.2 Å². The second-order valence-electron chi connectivity index (χ2n) is 10.1. The van der Waals surface area contributed by atoms with Crippen LogP contribution in [0.1, 0.15) is 44.9 Å². The highest BCUT2D eigenvalue weighted by Gasteiger charge is 2.58. The third-order valence-electron chi connectivity index (χ3n) is 7.86. The maximum atomic E-state index is 13.5. The first-order chi connectivity index (χ1) is 15.1. The zero-order valence-corrected chi connectivity index (χ0v) is 20.0. The molecule has 0 saturated heterocycles. The molecule has 32 heavy (non-hydrogen) atoms. The van der Waals surface area contributed by atoms with E-state index < -0.39 is 21.3 Å². The Balaban J connectivity index is 1.31. The van der Waals surface area contributed by atoms with Gasteiger partial charge in [-0.3, -0.25) is 9.59 Å². The molecule has 4 bridgehead atoms. The monoisotopic (exact) mass is 527 g/mol. The third-order valence-corrected chi connectivity index (χ3v) is 10.7. The molecular formula is C22H27BrFN3O4S. The molecule has 0 aliphatic heterocycles. The molecule has 3 N–H and O–H groups in total. The smallest absolute Gasteiger partial charge is 0.244 e. The molecule has 1 aromatic rings. The van der Waals surface area contributed by atoms with E-state index >= 15 is 0 Å². The van der Waals surface area contributed by atoms with E-state index in [9.17, 15) is 22.4 Å². The lowest BCUT2D eigenvalue weighted by Crippen LogP contribution is -2.62. The number of carbonyl (C=O) groups excluding carboxylic acids is 2. The number of hydrogen-bond donors (Lipinski definition) is 2. The van der Waals surface area contributed by atoms with E-state index in [4.69, 9.17) is 5.73 Å². The van der Waals surface area contributed by atoms with Gasteiger partial charge in [-0.15, -0.1) is 0 Å². The predicted molar refractivity (Wildman–Crippen MR) is 118 cm³/mol. The molecule has 2 unspecified atom stereocenters. The van der Waals surface area contributed by atoms with Gasteiger partial charge in [0, 0.05) is 22.0 Å². The summed E-state index contributed by atoms with van der Waals surface area (Å²) in [5, 5.41) is 3.11. The molecule has 10 heteroatoms. The average molecular weight is 528 g/mol. The van der Waals surface area contributed by atoms with Crippen molar-refractivity contribution < 1.29 is 22.4 Å². The average Bonchev–Trinajstić information content (AvgIpc) is 3.53. The van der Waals surface area contributed by atoms with E-state index in [0.717, 1.165) is 31.4 Å². The molecule has 5 aliphatic rings. The molecule has 1 aromatic carbocycles.